The van der Waals surface area contributed by atoms with E-state index in [1.54, 1.807) is 24.0 Å². The zero-order valence-electron chi connectivity index (χ0n) is 17.8. The molecule has 31 heavy (non-hydrogen) atoms. The summed E-state index contributed by atoms with van der Waals surface area (Å²) in [6.45, 7) is 4.31. The van der Waals surface area contributed by atoms with E-state index in [0.717, 1.165) is 25.9 Å². The number of oxazole rings is 1. The molecule has 8 heteroatoms. The van der Waals surface area contributed by atoms with Gasteiger partial charge in [0.2, 0.25) is 5.91 Å². The van der Waals surface area contributed by atoms with Crippen molar-refractivity contribution in [3.05, 3.63) is 47.1 Å². The van der Waals surface area contributed by atoms with Gasteiger partial charge in [0.15, 0.2) is 11.6 Å². The third-order valence-electron chi connectivity index (χ3n) is 6.02. The van der Waals surface area contributed by atoms with Crippen LogP contribution in [0.4, 0.5) is 0 Å². The smallest absolute Gasteiger partial charge is 0.275 e. The quantitative estimate of drug-likeness (QED) is 0.696. The molecule has 166 valence electrons. The molecule has 2 aromatic rings. The lowest BCUT2D eigenvalue weighted by molar-refractivity contribution is -0.134. The molecule has 2 aliphatic heterocycles. The number of likely N-dealkylation sites (tertiary alicyclic amines) is 2. The Kier molecular flexibility index (Phi) is 6.80. The number of halogens is 1. The van der Waals surface area contributed by atoms with Gasteiger partial charge >= 0.3 is 0 Å². The number of carbonyl (C=O) groups is 2. The Bertz CT molecular complexity index is 925. The number of nitrogens with zero attached hydrogens (tertiary/aromatic N) is 3. The Morgan fingerprint density at radius 3 is 2.71 bits per heavy atom. The molecule has 0 unspecified atom stereocenters. The van der Waals surface area contributed by atoms with E-state index in [1.807, 2.05) is 17.0 Å². The first-order chi connectivity index (χ1) is 15.0. The number of piperidine rings is 2. The van der Waals surface area contributed by atoms with Crippen LogP contribution in [0.5, 0.6) is 5.75 Å². The van der Waals surface area contributed by atoms with E-state index in [-0.39, 0.29) is 23.8 Å². The van der Waals surface area contributed by atoms with Crippen LogP contribution < -0.4 is 4.74 Å². The fourth-order valence-electron chi connectivity index (χ4n) is 4.38. The van der Waals surface area contributed by atoms with Gasteiger partial charge < -0.3 is 19.0 Å². The van der Waals surface area contributed by atoms with E-state index >= 15 is 0 Å². The van der Waals surface area contributed by atoms with Gasteiger partial charge in [-0.3, -0.25) is 9.59 Å². The predicted octanol–water partition coefficient (Wildman–Crippen LogP) is 3.95. The van der Waals surface area contributed by atoms with Gasteiger partial charge in [-0.25, -0.2) is 4.98 Å². The molecule has 0 bridgehead atoms. The van der Waals surface area contributed by atoms with Gasteiger partial charge in [0.1, 0.15) is 18.1 Å². The normalized spacial score (nSPS) is 21.7. The fraction of sp³-hybridized carbons (Fsp3) is 0.522. The molecule has 2 aliphatic rings. The van der Waals surface area contributed by atoms with Gasteiger partial charge in [0, 0.05) is 56.9 Å². The number of amides is 2. The molecule has 2 saturated heterocycles. The lowest BCUT2D eigenvalue weighted by Gasteiger charge is -2.39. The monoisotopic (exact) mass is 445 g/mol. The topological polar surface area (TPSA) is 75.9 Å². The molecule has 0 spiro atoms. The van der Waals surface area contributed by atoms with E-state index in [2.05, 4.69) is 4.98 Å². The highest BCUT2D eigenvalue weighted by atomic mass is 35.5. The summed E-state index contributed by atoms with van der Waals surface area (Å²) in [5.41, 5.74) is 0.299. The number of carbonyl (C=O) groups excluding carboxylic acids is 2. The molecule has 2 fully saturated rings. The average Bonchev–Trinajstić information content (AvgIpc) is 3.21. The SMILES string of the molecule is Cc1nc(C(=O)N2CC[C@H](Oc3cccc(Cl)c3)[C@@H](CC(=O)N3CCCCC3)C2)co1. The summed E-state index contributed by atoms with van der Waals surface area (Å²) in [5.74, 6) is 0.989. The van der Waals surface area contributed by atoms with E-state index in [4.69, 9.17) is 20.8 Å². The molecule has 7 nitrogen and oxygen atoms in total. The Labute approximate surface area is 187 Å². The summed E-state index contributed by atoms with van der Waals surface area (Å²) in [4.78, 5) is 33.8. The molecule has 1 aromatic carbocycles. The zero-order valence-corrected chi connectivity index (χ0v) is 18.5. The lowest BCUT2D eigenvalue weighted by Crippen LogP contribution is -2.50. The maximum Gasteiger partial charge on any atom is 0.275 e. The van der Waals surface area contributed by atoms with Crippen LogP contribution in [0.3, 0.4) is 0 Å². The second kappa shape index (κ2) is 9.73. The predicted molar refractivity (Wildman–Crippen MR) is 116 cm³/mol. The van der Waals surface area contributed by atoms with Crippen molar-refractivity contribution in [2.45, 2.75) is 45.1 Å². The highest BCUT2D eigenvalue weighted by molar-refractivity contribution is 6.30. The van der Waals surface area contributed by atoms with Crippen LogP contribution >= 0.6 is 11.6 Å². The molecule has 0 saturated carbocycles. The lowest BCUT2D eigenvalue weighted by atomic mass is 9.90. The molecule has 2 amide bonds. The van der Waals surface area contributed by atoms with Gasteiger partial charge in [0.05, 0.1) is 0 Å². The average molecular weight is 446 g/mol. The molecule has 1 aromatic heterocycles. The maximum atomic E-state index is 13.0. The van der Waals surface area contributed by atoms with Crippen LogP contribution in [0.2, 0.25) is 5.02 Å². The number of aryl methyl sites for hydroxylation is 1. The van der Waals surface area contributed by atoms with E-state index < -0.39 is 0 Å². The van der Waals surface area contributed by atoms with Crippen molar-refractivity contribution in [2.24, 2.45) is 5.92 Å². The van der Waals surface area contributed by atoms with E-state index in [1.165, 1.54) is 12.7 Å². The van der Waals surface area contributed by atoms with E-state index in [9.17, 15) is 9.59 Å². The van der Waals surface area contributed by atoms with Crippen LogP contribution in [0.25, 0.3) is 0 Å². The molecular weight excluding hydrogens is 418 g/mol. The van der Waals surface area contributed by atoms with Crippen molar-refractivity contribution in [3.63, 3.8) is 0 Å². The largest absolute Gasteiger partial charge is 0.490 e. The van der Waals surface area contributed by atoms with Gasteiger partial charge in [-0.1, -0.05) is 17.7 Å². The Morgan fingerprint density at radius 1 is 1.19 bits per heavy atom. The van der Waals surface area contributed by atoms with Crippen LogP contribution in [0.15, 0.2) is 34.9 Å². The number of ether oxygens (including phenoxy) is 1. The third-order valence-corrected chi connectivity index (χ3v) is 6.25. The second-order valence-corrected chi connectivity index (χ2v) is 8.75. The first-order valence-corrected chi connectivity index (χ1v) is 11.3. The minimum Gasteiger partial charge on any atom is -0.490 e. The standard InChI is InChI=1S/C23H28ClN3O4/c1-16-25-20(15-30-16)23(29)27-11-8-21(31-19-7-5-6-18(24)13-19)17(14-27)12-22(28)26-9-3-2-4-10-26/h5-7,13,15,17,21H,2-4,8-12,14H2,1H3/t17-,21-/m0/s1. The first-order valence-electron chi connectivity index (χ1n) is 10.9. The second-order valence-electron chi connectivity index (χ2n) is 8.31. The Balaban J connectivity index is 1.48. The summed E-state index contributed by atoms with van der Waals surface area (Å²) in [6.07, 6.45) is 5.48. The van der Waals surface area contributed by atoms with E-state index in [0.29, 0.717) is 48.3 Å². The van der Waals surface area contributed by atoms with Crippen LogP contribution in [-0.4, -0.2) is 58.9 Å². The summed E-state index contributed by atoms with van der Waals surface area (Å²) >= 11 is 6.11. The first kappa shape index (κ1) is 21.7. The Morgan fingerprint density at radius 2 is 2.00 bits per heavy atom. The molecule has 4 rings (SSSR count). The maximum absolute atomic E-state index is 13.0. The number of rotatable bonds is 5. The number of hydrogen-bond donors (Lipinski definition) is 0. The van der Waals surface area contributed by atoms with Crippen molar-refractivity contribution in [1.82, 2.24) is 14.8 Å². The molecule has 0 radical (unpaired) electrons. The van der Waals surface area contributed by atoms with Gasteiger partial charge in [0.25, 0.3) is 5.91 Å². The van der Waals surface area contributed by atoms with Crippen molar-refractivity contribution >= 4 is 23.4 Å². The molecular formula is C23H28ClN3O4. The summed E-state index contributed by atoms with van der Waals surface area (Å²) in [6, 6.07) is 7.29. The minimum absolute atomic E-state index is 0.112. The highest BCUT2D eigenvalue weighted by Crippen LogP contribution is 2.29. The molecule has 0 aliphatic carbocycles. The van der Waals surface area contributed by atoms with Crippen molar-refractivity contribution in [3.8, 4) is 5.75 Å². The summed E-state index contributed by atoms with van der Waals surface area (Å²) in [7, 11) is 0. The van der Waals surface area contributed by atoms with Gasteiger partial charge in [-0.15, -0.1) is 0 Å². The van der Waals surface area contributed by atoms with Crippen molar-refractivity contribution < 1.29 is 18.7 Å². The molecule has 0 N–H and O–H groups in total. The van der Waals surface area contributed by atoms with Gasteiger partial charge in [-0.2, -0.15) is 0 Å². The van der Waals surface area contributed by atoms with Crippen LogP contribution in [0, 0.1) is 12.8 Å². The van der Waals surface area contributed by atoms with Crippen LogP contribution in [0.1, 0.15) is 48.5 Å². The fourth-order valence-corrected chi connectivity index (χ4v) is 4.56. The van der Waals surface area contributed by atoms with Gasteiger partial charge in [-0.05, 0) is 37.5 Å². The van der Waals surface area contributed by atoms with Crippen molar-refractivity contribution in [1.29, 1.82) is 0 Å². The van der Waals surface area contributed by atoms with Crippen molar-refractivity contribution in [2.75, 3.05) is 26.2 Å². The number of hydrogen-bond acceptors (Lipinski definition) is 5. The number of aromatic nitrogens is 1. The summed E-state index contributed by atoms with van der Waals surface area (Å²) < 4.78 is 11.4. The van der Waals surface area contributed by atoms with Crippen LogP contribution in [-0.2, 0) is 4.79 Å². The highest BCUT2D eigenvalue weighted by Gasteiger charge is 2.36. The Hall–Kier alpha value is -2.54. The molecule has 2 atom stereocenters. The summed E-state index contributed by atoms with van der Waals surface area (Å²) in [5, 5.41) is 0.604. The minimum atomic E-state index is -0.173. The zero-order chi connectivity index (χ0) is 21.8. The third kappa shape index (κ3) is 5.39. The molecule has 3 heterocycles. The number of benzene rings is 1.